The molecule has 2 aromatic rings. The van der Waals surface area contributed by atoms with E-state index in [2.05, 4.69) is 20.9 Å². The Hall–Kier alpha value is -1.38. The van der Waals surface area contributed by atoms with Crippen molar-refractivity contribution in [1.82, 2.24) is 4.57 Å². The minimum atomic E-state index is 0.698. The van der Waals surface area contributed by atoms with Crippen molar-refractivity contribution in [2.75, 3.05) is 0 Å². The number of hydrogen-bond acceptors (Lipinski definition) is 2. The van der Waals surface area contributed by atoms with E-state index < -0.39 is 0 Å². The summed E-state index contributed by atoms with van der Waals surface area (Å²) >= 11 is 3.40. The minimum Gasteiger partial charge on any atom is -0.346 e. The second-order valence-electron chi connectivity index (χ2n) is 3.36. The first-order valence-electron chi connectivity index (χ1n) is 4.47. The molecule has 0 saturated carbocycles. The van der Waals surface area contributed by atoms with Crippen molar-refractivity contribution in [1.29, 1.82) is 0 Å². The van der Waals surface area contributed by atoms with Gasteiger partial charge in [-0.1, -0.05) is 15.9 Å². The lowest BCUT2D eigenvalue weighted by atomic mass is 10.2. The summed E-state index contributed by atoms with van der Waals surface area (Å²) in [4.78, 5) is 14.1. The van der Waals surface area contributed by atoms with Gasteiger partial charge in [0.15, 0.2) is 0 Å². The lowest BCUT2D eigenvalue weighted by Gasteiger charge is -1.97. The van der Waals surface area contributed by atoms with Gasteiger partial charge in [0, 0.05) is 22.6 Å². The van der Waals surface area contributed by atoms with Crippen LogP contribution in [0.3, 0.4) is 0 Å². The van der Waals surface area contributed by atoms with Gasteiger partial charge >= 0.3 is 0 Å². The van der Waals surface area contributed by atoms with E-state index in [1.165, 1.54) is 0 Å². The number of fused-ring (bicyclic) bond motifs is 1. The number of nitrogens with zero attached hydrogens (tertiary/aromatic N) is 2. The molecule has 0 amide bonds. The van der Waals surface area contributed by atoms with E-state index in [4.69, 9.17) is 0 Å². The highest BCUT2D eigenvalue weighted by Gasteiger charge is 2.11. The Morgan fingerprint density at radius 2 is 2.20 bits per heavy atom. The van der Waals surface area contributed by atoms with Crippen molar-refractivity contribution >= 4 is 38.6 Å². The van der Waals surface area contributed by atoms with E-state index in [0.717, 1.165) is 21.1 Å². The number of halogens is 1. The molecule has 0 radical (unpaired) electrons. The fourth-order valence-electron chi connectivity index (χ4n) is 1.71. The molecule has 0 bridgehead atoms. The molecule has 0 atom stereocenters. The molecule has 0 N–H and O–H groups in total. The normalized spacial score (nSPS) is 10.3. The van der Waals surface area contributed by atoms with Crippen LogP contribution in [-0.4, -0.2) is 10.6 Å². The quantitative estimate of drug-likeness (QED) is 0.575. The monoisotopic (exact) mass is 264 g/mol. The molecule has 0 aliphatic heterocycles. The third-order valence-electron chi connectivity index (χ3n) is 2.58. The van der Waals surface area contributed by atoms with Gasteiger partial charge in [-0.15, -0.1) is 0 Å². The topological polar surface area (TPSA) is 34.4 Å². The summed E-state index contributed by atoms with van der Waals surface area (Å²) in [5, 5.41) is 0.965. The molecule has 1 heterocycles. The Kier molecular flexibility index (Phi) is 2.47. The largest absolute Gasteiger partial charge is 0.346 e. The van der Waals surface area contributed by atoms with E-state index in [-0.39, 0.29) is 0 Å². The molecule has 76 valence electrons. The SMILES string of the molecule is Cc1c(N=C=O)c2cc(Br)ccc2n1C. The van der Waals surface area contributed by atoms with Crippen molar-refractivity contribution in [3.63, 3.8) is 0 Å². The highest BCUT2D eigenvalue weighted by Crippen LogP contribution is 2.33. The van der Waals surface area contributed by atoms with Crippen LogP contribution in [0.4, 0.5) is 5.69 Å². The summed E-state index contributed by atoms with van der Waals surface area (Å²) in [5.74, 6) is 0. The first kappa shape index (κ1) is 10.1. The molecule has 1 aromatic heterocycles. The Labute approximate surface area is 95.6 Å². The summed E-state index contributed by atoms with van der Waals surface area (Å²) in [6, 6.07) is 5.92. The summed E-state index contributed by atoms with van der Waals surface area (Å²) in [7, 11) is 1.95. The van der Waals surface area contributed by atoms with Crippen LogP contribution in [0.2, 0.25) is 0 Å². The van der Waals surface area contributed by atoms with Crippen LogP contribution in [0.5, 0.6) is 0 Å². The molecule has 0 saturated heterocycles. The Balaban J connectivity index is 2.94. The molecule has 3 nitrogen and oxygen atoms in total. The number of aliphatic imine (C=N–C) groups is 1. The number of aryl methyl sites for hydroxylation is 1. The molecular weight excluding hydrogens is 256 g/mol. The van der Waals surface area contributed by atoms with Gasteiger partial charge in [-0.05, 0) is 25.1 Å². The molecule has 0 fully saturated rings. The van der Waals surface area contributed by atoms with Crippen molar-refractivity contribution < 1.29 is 4.79 Å². The fraction of sp³-hybridized carbons (Fsp3) is 0.182. The van der Waals surface area contributed by atoms with Gasteiger partial charge < -0.3 is 4.57 Å². The van der Waals surface area contributed by atoms with Crippen LogP contribution < -0.4 is 0 Å². The van der Waals surface area contributed by atoms with Gasteiger partial charge in [0.1, 0.15) is 5.69 Å². The molecular formula is C11H9BrN2O. The second-order valence-corrected chi connectivity index (χ2v) is 4.27. The van der Waals surface area contributed by atoms with Gasteiger partial charge in [0.2, 0.25) is 6.08 Å². The molecule has 1 aromatic carbocycles. The first-order chi connectivity index (χ1) is 7.15. The number of isocyanates is 1. The number of hydrogen-bond donors (Lipinski definition) is 0. The number of rotatable bonds is 1. The lowest BCUT2D eigenvalue weighted by Crippen LogP contribution is -1.88. The Morgan fingerprint density at radius 3 is 2.87 bits per heavy atom. The van der Waals surface area contributed by atoms with Crippen LogP contribution in [0.1, 0.15) is 5.69 Å². The maximum atomic E-state index is 10.4. The van der Waals surface area contributed by atoms with E-state index in [9.17, 15) is 4.79 Å². The van der Waals surface area contributed by atoms with E-state index >= 15 is 0 Å². The van der Waals surface area contributed by atoms with Gasteiger partial charge in [-0.2, -0.15) is 4.99 Å². The predicted molar refractivity (Wildman–Crippen MR) is 63.1 cm³/mol. The highest BCUT2D eigenvalue weighted by atomic mass is 79.9. The van der Waals surface area contributed by atoms with Gasteiger partial charge in [-0.25, -0.2) is 4.79 Å². The minimum absolute atomic E-state index is 0.698. The van der Waals surface area contributed by atoms with Crippen molar-refractivity contribution in [3.8, 4) is 0 Å². The summed E-state index contributed by atoms with van der Waals surface area (Å²) in [6.45, 7) is 1.93. The molecule has 0 unspecified atom stereocenters. The van der Waals surface area contributed by atoms with Crippen molar-refractivity contribution in [2.45, 2.75) is 6.92 Å². The maximum absolute atomic E-state index is 10.4. The van der Waals surface area contributed by atoms with E-state index in [1.807, 2.05) is 36.7 Å². The van der Waals surface area contributed by atoms with Crippen LogP contribution in [0.25, 0.3) is 10.9 Å². The molecule has 15 heavy (non-hydrogen) atoms. The first-order valence-corrected chi connectivity index (χ1v) is 5.27. The number of carbonyl (C=O) groups excluding carboxylic acids is 1. The predicted octanol–water partition coefficient (Wildman–Crippen LogP) is 3.22. The molecule has 0 spiro atoms. The number of benzene rings is 1. The van der Waals surface area contributed by atoms with Crippen LogP contribution in [0.15, 0.2) is 27.7 Å². The lowest BCUT2D eigenvalue weighted by molar-refractivity contribution is 0.565. The Bertz CT molecular complexity index is 580. The summed E-state index contributed by atoms with van der Waals surface area (Å²) < 4.78 is 2.99. The number of aromatic nitrogens is 1. The smallest absolute Gasteiger partial charge is 0.240 e. The van der Waals surface area contributed by atoms with Crippen LogP contribution >= 0.6 is 15.9 Å². The van der Waals surface area contributed by atoms with Crippen molar-refractivity contribution in [3.05, 3.63) is 28.4 Å². The summed E-state index contributed by atoms with van der Waals surface area (Å²) in [6.07, 6.45) is 1.60. The molecule has 2 rings (SSSR count). The van der Waals surface area contributed by atoms with E-state index in [1.54, 1.807) is 6.08 Å². The highest BCUT2D eigenvalue weighted by molar-refractivity contribution is 9.10. The second kappa shape index (κ2) is 3.65. The van der Waals surface area contributed by atoms with Gasteiger partial charge in [0.05, 0.1) is 5.52 Å². The van der Waals surface area contributed by atoms with Gasteiger partial charge in [0.25, 0.3) is 0 Å². The standard InChI is InChI=1S/C11H9BrN2O/c1-7-11(13-6-15)9-5-8(12)3-4-10(9)14(7)2/h3-5H,1-2H3. The van der Waals surface area contributed by atoms with Crippen LogP contribution in [-0.2, 0) is 11.8 Å². The molecule has 0 aliphatic carbocycles. The average molecular weight is 265 g/mol. The third-order valence-corrected chi connectivity index (χ3v) is 3.07. The molecule has 0 aliphatic rings. The average Bonchev–Trinajstić information content (AvgIpc) is 2.44. The van der Waals surface area contributed by atoms with Crippen LogP contribution in [0, 0.1) is 6.92 Å². The third kappa shape index (κ3) is 1.52. The fourth-order valence-corrected chi connectivity index (χ4v) is 2.07. The Morgan fingerprint density at radius 1 is 1.47 bits per heavy atom. The van der Waals surface area contributed by atoms with Crippen molar-refractivity contribution in [2.24, 2.45) is 12.0 Å². The zero-order valence-electron chi connectivity index (χ0n) is 8.41. The van der Waals surface area contributed by atoms with Gasteiger partial charge in [-0.3, -0.25) is 0 Å². The molecule has 4 heteroatoms. The maximum Gasteiger partial charge on any atom is 0.240 e. The van der Waals surface area contributed by atoms with E-state index in [0.29, 0.717) is 5.69 Å². The summed E-state index contributed by atoms with van der Waals surface area (Å²) in [5.41, 5.74) is 2.72. The zero-order valence-corrected chi connectivity index (χ0v) is 10.00. The zero-order chi connectivity index (χ0) is 11.0.